The summed E-state index contributed by atoms with van der Waals surface area (Å²) in [6.45, 7) is 9.14. The Bertz CT molecular complexity index is 648. The van der Waals surface area contributed by atoms with Crippen LogP contribution in [0.25, 0.3) is 0 Å². The van der Waals surface area contributed by atoms with E-state index in [1.165, 1.54) is 28.8 Å². The minimum Gasteiger partial charge on any atom is -0.323 e. The van der Waals surface area contributed by atoms with Crippen LogP contribution in [0.15, 0.2) is 10.5 Å². The molecule has 120 valence electrons. The Labute approximate surface area is 139 Å². The molecule has 5 nitrogen and oxygen atoms in total. The second-order valence-corrected chi connectivity index (χ2v) is 7.00. The third-order valence-electron chi connectivity index (χ3n) is 3.36. The van der Waals surface area contributed by atoms with Gasteiger partial charge in [0.2, 0.25) is 5.91 Å². The normalized spacial score (nSPS) is 10.9. The molecule has 0 spiro atoms. The first kappa shape index (κ1) is 17.0. The molecule has 0 fully saturated rings. The zero-order valence-electron chi connectivity index (χ0n) is 13.5. The van der Waals surface area contributed by atoms with Gasteiger partial charge in [-0.3, -0.25) is 4.79 Å². The molecule has 0 unspecified atom stereocenters. The van der Waals surface area contributed by atoms with Gasteiger partial charge in [-0.25, -0.2) is 9.97 Å². The van der Waals surface area contributed by atoms with Crippen LogP contribution in [-0.2, 0) is 11.3 Å². The van der Waals surface area contributed by atoms with Gasteiger partial charge in [0.15, 0.2) is 10.3 Å². The smallest absolute Gasteiger partial charge is 0.236 e. The molecule has 0 aromatic carbocycles. The van der Waals surface area contributed by atoms with Crippen molar-refractivity contribution < 1.29 is 4.79 Å². The number of amides is 1. The number of unbranched alkanes of at least 4 members (excludes halogenated alkanes) is 1. The highest BCUT2D eigenvalue weighted by molar-refractivity contribution is 7.99. The van der Waals surface area contributed by atoms with Gasteiger partial charge in [0.05, 0.1) is 17.1 Å². The highest BCUT2D eigenvalue weighted by atomic mass is 32.2. The van der Waals surface area contributed by atoms with Gasteiger partial charge in [-0.2, -0.15) is 0 Å². The summed E-state index contributed by atoms with van der Waals surface area (Å²) in [5.74, 6) is 0.306. The number of nitrogens with zero attached hydrogens (tertiary/aromatic N) is 3. The number of thiazole rings is 1. The van der Waals surface area contributed by atoms with E-state index in [1.54, 1.807) is 0 Å². The first-order valence-electron chi connectivity index (χ1n) is 7.39. The van der Waals surface area contributed by atoms with E-state index < -0.39 is 0 Å². The molecule has 22 heavy (non-hydrogen) atoms. The maximum absolute atomic E-state index is 12.0. The lowest BCUT2D eigenvalue weighted by Gasteiger charge is -2.08. The Balaban J connectivity index is 1.95. The number of nitrogens with one attached hydrogen (secondary N) is 1. The van der Waals surface area contributed by atoms with Crippen molar-refractivity contribution in [1.29, 1.82) is 0 Å². The van der Waals surface area contributed by atoms with Gasteiger partial charge < -0.3 is 9.88 Å². The molecule has 2 heterocycles. The monoisotopic (exact) mass is 338 g/mol. The molecule has 0 aliphatic heterocycles. The predicted octanol–water partition coefficient (Wildman–Crippen LogP) is 3.80. The summed E-state index contributed by atoms with van der Waals surface area (Å²) in [5.41, 5.74) is 3.15. The lowest BCUT2D eigenvalue weighted by atomic mass is 10.3. The Hall–Kier alpha value is -1.34. The van der Waals surface area contributed by atoms with Crippen molar-refractivity contribution in [2.45, 2.75) is 52.2 Å². The van der Waals surface area contributed by atoms with Gasteiger partial charge in [-0.05, 0) is 27.2 Å². The molecule has 0 aliphatic carbocycles. The molecule has 1 N–H and O–H groups in total. The summed E-state index contributed by atoms with van der Waals surface area (Å²) in [6.07, 6.45) is 2.26. The van der Waals surface area contributed by atoms with Crippen molar-refractivity contribution in [2.24, 2.45) is 0 Å². The van der Waals surface area contributed by atoms with Crippen LogP contribution in [-0.4, -0.2) is 26.2 Å². The molecule has 0 radical (unpaired) electrons. The van der Waals surface area contributed by atoms with Crippen molar-refractivity contribution in [3.63, 3.8) is 0 Å². The van der Waals surface area contributed by atoms with Crippen molar-refractivity contribution in [3.8, 4) is 0 Å². The molecular weight excluding hydrogens is 316 g/mol. The summed E-state index contributed by atoms with van der Waals surface area (Å²) < 4.78 is 2.21. The van der Waals surface area contributed by atoms with Gasteiger partial charge in [0.1, 0.15) is 0 Å². The fourth-order valence-corrected chi connectivity index (χ4v) is 3.63. The number of imidazole rings is 1. The number of aryl methyl sites for hydroxylation is 2. The van der Waals surface area contributed by atoms with Crippen LogP contribution in [0, 0.1) is 20.8 Å². The van der Waals surface area contributed by atoms with E-state index >= 15 is 0 Å². The van der Waals surface area contributed by atoms with E-state index in [2.05, 4.69) is 33.7 Å². The minimum atomic E-state index is -0.0419. The second-order valence-electron chi connectivity index (χ2n) is 5.20. The van der Waals surface area contributed by atoms with Crippen LogP contribution in [0.2, 0.25) is 0 Å². The average Bonchev–Trinajstić information content (AvgIpc) is 3.00. The fourth-order valence-electron chi connectivity index (χ4n) is 2.01. The second kappa shape index (κ2) is 7.78. The number of carbonyl (C=O) groups excluding carboxylic acids is 1. The van der Waals surface area contributed by atoms with Crippen LogP contribution in [0.1, 0.15) is 36.8 Å². The zero-order valence-corrected chi connectivity index (χ0v) is 15.1. The molecule has 2 aromatic heterocycles. The summed E-state index contributed by atoms with van der Waals surface area (Å²) in [5, 5.41) is 6.33. The number of rotatable bonds is 7. The summed E-state index contributed by atoms with van der Waals surface area (Å²) in [6, 6.07) is 0. The lowest BCUT2D eigenvalue weighted by Crippen LogP contribution is -2.14. The SMILES string of the molecule is CCCCn1c(SCC(=O)Nc2nc(C)cs2)nc(C)c1C. The fraction of sp³-hybridized carbons (Fsp3) is 0.533. The van der Waals surface area contributed by atoms with Crippen LogP contribution in [0.5, 0.6) is 0 Å². The van der Waals surface area contributed by atoms with Crippen molar-refractivity contribution in [1.82, 2.24) is 14.5 Å². The number of anilines is 1. The summed E-state index contributed by atoms with van der Waals surface area (Å²) in [4.78, 5) is 20.8. The van der Waals surface area contributed by atoms with E-state index in [-0.39, 0.29) is 5.91 Å². The number of aromatic nitrogens is 3. The largest absolute Gasteiger partial charge is 0.323 e. The van der Waals surface area contributed by atoms with Crippen molar-refractivity contribution >= 4 is 34.1 Å². The quantitative estimate of drug-likeness (QED) is 0.780. The number of hydrogen-bond acceptors (Lipinski definition) is 5. The maximum atomic E-state index is 12.0. The van der Waals surface area contributed by atoms with Crippen molar-refractivity contribution in [3.05, 3.63) is 22.5 Å². The van der Waals surface area contributed by atoms with E-state index in [4.69, 9.17) is 0 Å². The Morgan fingerprint density at radius 2 is 2.14 bits per heavy atom. The highest BCUT2D eigenvalue weighted by Gasteiger charge is 2.13. The molecule has 0 bridgehead atoms. The number of hydrogen-bond donors (Lipinski definition) is 1. The van der Waals surface area contributed by atoms with Crippen LogP contribution >= 0.6 is 23.1 Å². The summed E-state index contributed by atoms with van der Waals surface area (Å²) >= 11 is 2.93. The molecule has 7 heteroatoms. The Morgan fingerprint density at radius 3 is 2.77 bits per heavy atom. The molecule has 0 saturated carbocycles. The predicted molar refractivity (Wildman–Crippen MR) is 92.8 cm³/mol. The third-order valence-corrected chi connectivity index (χ3v) is 5.21. The van der Waals surface area contributed by atoms with E-state index in [0.29, 0.717) is 10.9 Å². The standard InChI is InChI=1S/C15H22N4OS2/c1-5-6-7-19-12(4)11(3)17-15(19)22-9-13(20)18-14-16-10(2)8-21-14/h8H,5-7,9H2,1-4H3,(H,16,18,20). The lowest BCUT2D eigenvalue weighted by molar-refractivity contribution is -0.113. The van der Waals surface area contributed by atoms with E-state index in [9.17, 15) is 4.79 Å². The Morgan fingerprint density at radius 1 is 1.36 bits per heavy atom. The maximum Gasteiger partial charge on any atom is 0.236 e. The van der Waals surface area contributed by atoms with E-state index in [1.807, 2.05) is 19.2 Å². The molecule has 2 rings (SSSR count). The van der Waals surface area contributed by atoms with Gasteiger partial charge in [0.25, 0.3) is 0 Å². The molecule has 0 aliphatic rings. The van der Waals surface area contributed by atoms with Crippen LogP contribution in [0.3, 0.4) is 0 Å². The van der Waals surface area contributed by atoms with Crippen LogP contribution in [0.4, 0.5) is 5.13 Å². The van der Waals surface area contributed by atoms with E-state index in [0.717, 1.165) is 35.9 Å². The first-order chi connectivity index (χ1) is 10.5. The minimum absolute atomic E-state index is 0.0419. The molecule has 0 saturated heterocycles. The molecule has 2 aromatic rings. The average molecular weight is 339 g/mol. The first-order valence-corrected chi connectivity index (χ1v) is 9.26. The van der Waals surface area contributed by atoms with Gasteiger partial charge in [-0.15, -0.1) is 11.3 Å². The molecular formula is C15H22N4OS2. The topological polar surface area (TPSA) is 59.8 Å². The van der Waals surface area contributed by atoms with Gasteiger partial charge >= 0.3 is 0 Å². The van der Waals surface area contributed by atoms with Gasteiger partial charge in [0, 0.05) is 17.6 Å². The van der Waals surface area contributed by atoms with Crippen molar-refractivity contribution in [2.75, 3.05) is 11.1 Å². The zero-order chi connectivity index (χ0) is 16.1. The third kappa shape index (κ3) is 4.33. The number of thioether (sulfide) groups is 1. The molecule has 0 atom stereocenters. The van der Waals surface area contributed by atoms with Crippen LogP contribution < -0.4 is 5.32 Å². The van der Waals surface area contributed by atoms with Gasteiger partial charge in [-0.1, -0.05) is 25.1 Å². The Kier molecular flexibility index (Phi) is 6.02. The number of carbonyl (C=O) groups is 1. The summed E-state index contributed by atoms with van der Waals surface area (Å²) in [7, 11) is 0. The highest BCUT2D eigenvalue weighted by Crippen LogP contribution is 2.22. The molecule has 1 amide bonds.